The second-order valence-corrected chi connectivity index (χ2v) is 22.4. The minimum Gasteiger partial charge on any atom is -0.375 e. The largest absolute Gasteiger partial charge is 0.375 e. The summed E-state index contributed by atoms with van der Waals surface area (Å²) in [5.74, 6) is 0. The van der Waals surface area contributed by atoms with Crippen LogP contribution in [0.2, 0.25) is 0 Å². The van der Waals surface area contributed by atoms with E-state index in [0.29, 0.717) is 0 Å². The van der Waals surface area contributed by atoms with Gasteiger partial charge in [0.25, 0.3) is 0 Å². The summed E-state index contributed by atoms with van der Waals surface area (Å²) in [4.78, 5) is 5.18. The molecule has 1 spiro atoms. The van der Waals surface area contributed by atoms with Gasteiger partial charge in [0.1, 0.15) is 0 Å². The molecule has 11 aromatic rings. The molecule has 3 nitrogen and oxygen atoms in total. The Kier molecular flexibility index (Phi) is 8.07. The van der Waals surface area contributed by atoms with Gasteiger partial charge in [-0.05, 0) is 120 Å². The Hall–Kier alpha value is -8.08. The number of hydrogen-bond acceptors (Lipinski definition) is 2. The van der Waals surface area contributed by atoms with Crippen molar-refractivity contribution in [1.82, 2.24) is 4.48 Å². The van der Waals surface area contributed by atoms with Gasteiger partial charge in [0.2, 0.25) is 0 Å². The standard InChI is InChI=1S/C67H52BN3/c1-65(2,3)42-30-34-44(35-31-42)69(45-36-32-43(33-37-45)66(4,5)6)46-39-53-51-22-15-21-50-52-38-29-41-17-7-8-18-47(41)62(52)71(63(50)51)68-58-27-16-26-57-64(58)70(60(40-46)61(53)68)59-28-14-13-25-56(59)67(57)54-23-11-9-19-48(54)49-20-10-12-24-55(49)67/h7-40H,1-6H3. The van der Waals surface area contributed by atoms with Crippen molar-refractivity contribution in [2.24, 2.45) is 0 Å². The lowest BCUT2D eigenvalue weighted by molar-refractivity contribution is 0.590. The Balaban J connectivity index is 1.10. The maximum Gasteiger partial charge on any atom is 0.333 e. The SMILES string of the molecule is CC(C)(C)c1ccc(N(c2ccc(C(C)(C)C)cc2)c2cc3c4c(c2)N2c5ccccc5C5(c6ccccc6-c6ccccc65)c5cccc(c52)B4n2c4c-3cccc4c3ccc4ccccc4c32)cc1. The van der Waals surface area contributed by atoms with E-state index in [0.717, 1.165) is 17.1 Å². The third kappa shape index (κ3) is 5.30. The molecule has 0 radical (unpaired) electrons. The zero-order valence-electron chi connectivity index (χ0n) is 41.0. The van der Waals surface area contributed by atoms with Gasteiger partial charge in [-0.3, -0.25) is 0 Å². The predicted molar refractivity (Wildman–Crippen MR) is 300 cm³/mol. The summed E-state index contributed by atoms with van der Waals surface area (Å²) in [5, 5.41) is 5.13. The summed E-state index contributed by atoms with van der Waals surface area (Å²) in [5.41, 5.74) is 25.0. The van der Waals surface area contributed by atoms with Crippen LogP contribution in [0.25, 0.3) is 54.8 Å². The van der Waals surface area contributed by atoms with Crippen LogP contribution in [0, 0.1) is 0 Å². The molecule has 15 rings (SSSR count). The second-order valence-electron chi connectivity index (χ2n) is 22.4. The van der Waals surface area contributed by atoms with E-state index in [-0.39, 0.29) is 17.7 Å². The molecule has 1 aromatic heterocycles. The van der Waals surface area contributed by atoms with Crippen LogP contribution in [-0.4, -0.2) is 11.3 Å². The van der Waals surface area contributed by atoms with Gasteiger partial charge in [0, 0.05) is 61.2 Å². The smallest absolute Gasteiger partial charge is 0.333 e. The number of nitrogens with zero attached hydrogens (tertiary/aromatic N) is 3. The van der Waals surface area contributed by atoms with E-state index in [4.69, 9.17) is 0 Å². The number of rotatable bonds is 3. The van der Waals surface area contributed by atoms with E-state index < -0.39 is 5.41 Å². The van der Waals surface area contributed by atoms with Crippen molar-refractivity contribution in [2.75, 3.05) is 9.80 Å². The normalized spacial score (nSPS) is 14.4. The lowest BCUT2D eigenvalue weighted by Gasteiger charge is -2.50. The fraction of sp³-hybridized carbons (Fsp3) is 0.134. The summed E-state index contributed by atoms with van der Waals surface area (Å²) in [6.45, 7) is 13.7. The number of para-hydroxylation sites is 3. The van der Waals surface area contributed by atoms with Crippen molar-refractivity contribution < 1.29 is 0 Å². The number of anilines is 6. The van der Waals surface area contributed by atoms with Gasteiger partial charge in [-0.1, -0.05) is 205 Å². The summed E-state index contributed by atoms with van der Waals surface area (Å²) in [7, 11) is 0. The van der Waals surface area contributed by atoms with Crippen molar-refractivity contribution in [1.29, 1.82) is 0 Å². The number of fused-ring (bicyclic) bond motifs is 18. The van der Waals surface area contributed by atoms with Gasteiger partial charge in [0.15, 0.2) is 0 Å². The first-order valence-corrected chi connectivity index (χ1v) is 25.4. The minimum atomic E-state index is -0.535. The van der Waals surface area contributed by atoms with Gasteiger partial charge in [-0.2, -0.15) is 0 Å². The van der Waals surface area contributed by atoms with Crippen molar-refractivity contribution in [3.05, 3.63) is 240 Å². The van der Waals surface area contributed by atoms with Gasteiger partial charge in [0.05, 0.1) is 11.1 Å². The molecule has 0 N–H and O–H groups in total. The number of benzene rings is 10. The van der Waals surface area contributed by atoms with Crippen LogP contribution >= 0.6 is 0 Å². The van der Waals surface area contributed by atoms with Crippen molar-refractivity contribution in [3.8, 4) is 22.3 Å². The monoisotopic (exact) mass is 909 g/mol. The summed E-state index contributed by atoms with van der Waals surface area (Å²) in [6, 6.07) is 79.3. The maximum absolute atomic E-state index is 2.75. The highest BCUT2D eigenvalue weighted by molar-refractivity contribution is 6.90. The van der Waals surface area contributed by atoms with E-state index in [9.17, 15) is 0 Å². The first-order valence-electron chi connectivity index (χ1n) is 25.4. The number of aromatic nitrogens is 1. The predicted octanol–water partition coefficient (Wildman–Crippen LogP) is 16.1. The fourth-order valence-corrected chi connectivity index (χ4v) is 13.5. The molecule has 0 saturated carbocycles. The average Bonchev–Trinajstić information content (AvgIpc) is 3.90. The third-order valence-corrected chi connectivity index (χ3v) is 16.6. The van der Waals surface area contributed by atoms with Crippen molar-refractivity contribution >= 4 is 84.5 Å². The molecule has 0 fully saturated rings. The van der Waals surface area contributed by atoms with Gasteiger partial charge in [-0.15, -0.1) is 0 Å². The Bertz CT molecular complexity index is 3980. The maximum atomic E-state index is 2.75. The Morgan fingerprint density at radius 2 is 0.958 bits per heavy atom. The van der Waals surface area contributed by atoms with Gasteiger partial charge >= 0.3 is 6.85 Å². The van der Waals surface area contributed by atoms with Gasteiger partial charge in [-0.25, -0.2) is 0 Å². The van der Waals surface area contributed by atoms with Crippen LogP contribution in [0.15, 0.2) is 206 Å². The van der Waals surface area contributed by atoms with Crippen molar-refractivity contribution in [3.63, 3.8) is 0 Å². The van der Waals surface area contributed by atoms with Gasteiger partial charge < -0.3 is 14.3 Å². The molecule has 4 heterocycles. The van der Waals surface area contributed by atoms with E-state index in [1.54, 1.807) is 0 Å². The first kappa shape index (κ1) is 40.8. The Morgan fingerprint density at radius 1 is 0.408 bits per heavy atom. The molecule has 0 atom stereocenters. The molecule has 0 saturated heterocycles. The van der Waals surface area contributed by atoms with Crippen LogP contribution < -0.4 is 20.7 Å². The third-order valence-electron chi connectivity index (χ3n) is 16.6. The zero-order valence-corrected chi connectivity index (χ0v) is 41.0. The highest BCUT2D eigenvalue weighted by Gasteiger charge is 2.55. The highest BCUT2D eigenvalue weighted by Crippen LogP contribution is 2.64. The molecule has 4 heteroatoms. The molecule has 1 aliphatic carbocycles. The molecular weight excluding hydrogens is 858 g/mol. The Morgan fingerprint density at radius 3 is 1.63 bits per heavy atom. The summed E-state index contributed by atoms with van der Waals surface area (Å²) in [6.07, 6.45) is 0. The molecule has 4 aliphatic rings. The average molecular weight is 910 g/mol. The quantitative estimate of drug-likeness (QED) is 0.164. The molecule has 338 valence electrons. The van der Waals surface area contributed by atoms with E-state index >= 15 is 0 Å². The molecule has 3 aliphatic heterocycles. The van der Waals surface area contributed by atoms with Crippen LogP contribution in [0.5, 0.6) is 0 Å². The molecular formula is C67H52BN3. The highest BCUT2D eigenvalue weighted by atomic mass is 15.2. The minimum absolute atomic E-state index is 0.0235. The lowest BCUT2D eigenvalue weighted by atomic mass is 9.44. The zero-order chi connectivity index (χ0) is 47.7. The second kappa shape index (κ2) is 14.0. The molecule has 0 amide bonds. The van der Waals surface area contributed by atoms with E-state index in [1.165, 1.54) is 116 Å². The van der Waals surface area contributed by atoms with Crippen LogP contribution in [-0.2, 0) is 16.2 Å². The van der Waals surface area contributed by atoms with E-state index in [2.05, 4.69) is 262 Å². The molecule has 0 bridgehead atoms. The summed E-state index contributed by atoms with van der Waals surface area (Å²) < 4.78 is 2.75. The van der Waals surface area contributed by atoms with Crippen molar-refractivity contribution in [2.45, 2.75) is 57.8 Å². The number of hydrogen-bond donors (Lipinski definition) is 0. The summed E-state index contributed by atoms with van der Waals surface area (Å²) >= 11 is 0. The molecule has 0 unspecified atom stereocenters. The first-order chi connectivity index (χ1) is 34.5. The molecule has 71 heavy (non-hydrogen) atoms. The Labute approximate surface area is 416 Å². The topological polar surface area (TPSA) is 11.4 Å². The van der Waals surface area contributed by atoms with E-state index in [1.807, 2.05) is 0 Å². The van der Waals surface area contributed by atoms with Crippen LogP contribution in [0.3, 0.4) is 0 Å². The van der Waals surface area contributed by atoms with Crippen LogP contribution in [0.1, 0.15) is 74.9 Å². The lowest BCUT2D eigenvalue weighted by Crippen LogP contribution is -2.58. The molecule has 10 aromatic carbocycles. The fourth-order valence-electron chi connectivity index (χ4n) is 13.5. The van der Waals surface area contributed by atoms with Crippen LogP contribution in [0.4, 0.5) is 34.1 Å².